The van der Waals surface area contributed by atoms with Gasteiger partial charge in [0.1, 0.15) is 0 Å². The van der Waals surface area contributed by atoms with E-state index < -0.39 is 22.9 Å². The predicted octanol–water partition coefficient (Wildman–Crippen LogP) is 3.50. The Kier molecular flexibility index (Phi) is 4.78. The summed E-state index contributed by atoms with van der Waals surface area (Å²) in [5.74, 6) is -1.79. The zero-order valence-corrected chi connectivity index (χ0v) is 17.3. The van der Waals surface area contributed by atoms with E-state index in [2.05, 4.69) is 20.4 Å². The van der Waals surface area contributed by atoms with Crippen molar-refractivity contribution < 1.29 is 24.2 Å². The van der Waals surface area contributed by atoms with E-state index in [-0.39, 0.29) is 28.6 Å². The topological polar surface area (TPSA) is 72.8 Å². The van der Waals surface area contributed by atoms with E-state index in [1.54, 1.807) is 0 Å². The Morgan fingerprint density at radius 2 is 1.78 bits per heavy atom. The van der Waals surface area contributed by atoms with Crippen LogP contribution >= 0.6 is 0 Å². The minimum atomic E-state index is -1.20. The predicted molar refractivity (Wildman–Crippen MR) is 102 cm³/mol. The number of carbonyl (C=O) groups excluding carboxylic acids is 2. The summed E-state index contributed by atoms with van der Waals surface area (Å²) in [5, 5.41) is 12.0. The van der Waals surface area contributed by atoms with Gasteiger partial charge in [0.25, 0.3) is 0 Å². The van der Waals surface area contributed by atoms with Gasteiger partial charge in [0.05, 0.1) is 31.2 Å². The zero-order chi connectivity index (χ0) is 20.3. The maximum absolute atomic E-state index is 13.0. The number of hydrogen-bond acceptors (Lipinski definition) is 5. The molecule has 0 aromatic carbocycles. The largest absolute Gasteiger partial charge is 0.469 e. The first-order valence-corrected chi connectivity index (χ1v) is 10.0. The molecule has 7 atom stereocenters. The number of hydrogen-bond donors (Lipinski definition) is 1. The fourth-order valence-corrected chi connectivity index (χ4v) is 7.22. The molecule has 0 bridgehead atoms. The third kappa shape index (κ3) is 2.60. The lowest BCUT2D eigenvalue weighted by molar-refractivity contribution is -0.173. The van der Waals surface area contributed by atoms with Gasteiger partial charge in [-0.15, -0.1) is 6.58 Å². The molecule has 5 heteroatoms. The molecule has 5 nitrogen and oxygen atoms in total. The molecule has 3 saturated carbocycles. The zero-order valence-electron chi connectivity index (χ0n) is 17.3. The Bertz CT molecular complexity index is 659. The minimum Gasteiger partial charge on any atom is -0.469 e. The van der Waals surface area contributed by atoms with E-state index in [9.17, 15) is 14.7 Å². The number of carbonyl (C=O) groups is 2. The first-order valence-electron chi connectivity index (χ1n) is 10.0. The van der Waals surface area contributed by atoms with Crippen molar-refractivity contribution in [3.63, 3.8) is 0 Å². The average molecular weight is 379 g/mol. The van der Waals surface area contributed by atoms with Crippen LogP contribution in [0.2, 0.25) is 0 Å². The van der Waals surface area contributed by atoms with E-state index >= 15 is 0 Å². The van der Waals surface area contributed by atoms with Gasteiger partial charge in [-0.25, -0.2) is 0 Å². The molecular formula is C22H34O5. The summed E-state index contributed by atoms with van der Waals surface area (Å²) in [7, 11) is 2.77. The van der Waals surface area contributed by atoms with Crippen molar-refractivity contribution in [2.45, 2.75) is 64.9 Å². The number of ether oxygens (including phenoxy) is 2. The highest BCUT2D eigenvalue weighted by Gasteiger charge is 2.74. The second kappa shape index (κ2) is 6.33. The number of esters is 2. The lowest BCUT2D eigenvalue weighted by Crippen LogP contribution is -2.53. The lowest BCUT2D eigenvalue weighted by atomic mass is 9.53. The number of methoxy groups -OCH3 is 2. The monoisotopic (exact) mass is 378 g/mol. The van der Waals surface area contributed by atoms with Gasteiger partial charge in [0, 0.05) is 0 Å². The number of fused-ring (bicyclic) bond motifs is 3. The molecule has 0 saturated heterocycles. The molecule has 0 aromatic rings. The normalized spacial score (nSPS) is 48.9. The summed E-state index contributed by atoms with van der Waals surface area (Å²) in [6, 6.07) is 0. The van der Waals surface area contributed by atoms with Crippen LogP contribution in [0.15, 0.2) is 12.7 Å². The molecule has 3 fully saturated rings. The molecule has 3 aliphatic rings. The Labute approximate surface area is 162 Å². The van der Waals surface area contributed by atoms with Crippen LogP contribution in [-0.4, -0.2) is 36.9 Å². The molecule has 0 unspecified atom stereocenters. The number of aliphatic hydroxyl groups is 1. The van der Waals surface area contributed by atoms with Crippen LogP contribution in [0.4, 0.5) is 0 Å². The van der Waals surface area contributed by atoms with E-state index in [1.165, 1.54) is 14.2 Å². The summed E-state index contributed by atoms with van der Waals surface area (Å²) in [4.78, 5) is 25.9. The van der Waals surface area contributed by atoms with Gasteiger partial charge in [-0.2, -0.15) is 0 Å². The number of rotatable bonds is 3. The van der Waals surface area contributed by atoms with Crippen LogP contribution < -0.4 is 0 Å². The number of allylic oxidation sites excluding steroid dienone is 1. The maximum Gasteiger partial charge on any atom is 0.311 e. The highest BCUT2D eigenvalue weighted by Crippen LogP contribution is 2.71. The molecule has 1 N–H and O–H groups in total. The van der Waals surface area contributed by atoms with Crippen LogP contribution in [-0.2, 0) is 19.1 Å². The second-order valence-corrected chi connectivity index (χ2v) is 9.86. The van der Waals surface area contributed by atoms with Crippen LogP contribution in [0.25, 0.3) is 0 Å². The van der Waals surface area contributed by atoms with Gasteiger partial charge >= 0.3 is 11.9 Å². The molecule has 27 heavy (non-hydrogen) atoms. The van der Waals surface area contributed by atoms with Gasteiger partial charge < -0.3 is 14.6 Å². The average Bonchev–Trinajstić information content (AvgIpc) is 2.84. The highest BCUT2D eigenvalue weighted by molar-refractivity contribution is 5.81. The van der Waals surface area contributed by atoms with E-state index in [1.807, 2.05) is 13.0 Å². The van der Waals surface area contributed by atoms with Crippen LogP contribution in [0.3, 0.4) is 0 Å². The van der Waals surface area contributed by atoms with Crippen molar-refractivity contribution in [1.82, 2.24) is 0 Å². The molecule has 0 aliphatic heterocycles. The first kappa shape index (κ1) is 20.4. The van der Waals surface area contributed by atoms with E-state index in [4.69, 9.17) is 9.47 Å². The summed E-state index contributed by atoms with van der Waals surface area (Å²) in [6.45, 7) is 10.1. The fourth-order valence-electron chi connectivity index (χ4n) is 7.22. The molecule has 0 spiro atoms. The van der Waals surface area contributed by atoms with Crippen molar-refractivity contribution in [3.05, 3.63) is 12.7 Å². The maximum atomic E-state index is 13.0. The van der Waals surface area contributed by atoms with Gasteiger partial charge in [-0.1, -0.05) is 26.3 Å². The standard InChI is InChI=1S/C22H34O5/c1-7-19(2)12-9-14-20(3)10-8-11-21(4,18(24)27-6)16(20)15(17(23)26-5)22(14,25)13-19/h7,14-16,25H,1,8-13H2,2-6H3/t14-,15+,16-,19+,20-,21-,22+/m1/s1. The Morgan fingerprint density at radius 3 is 2.33 bits per heavy atom. The van der Waals surface area contributed by atoms with Crippen molar-refractivity contribution in [2.75, 3.05) is 14.2 Å². The molecule has 0 radical (unpaired) electrons. The first-order chi connectivity index (χ1) is 12.5. The highest BCUT2D eigenvalue weighted by atomic mass is 16.5. The lowest BCUT2D eigenvalue weighted by Gasteiger charge is -2.51. The summed E-state index contributed by atoms with van der Waals surface area (Å²) in [5.41, 5.74) is -2.55. The van der Waals surface area contributed by atoms with Gasteiger partial charge in [-0.05, 0) is 61.7 Å². The Hall–Kier alpha value is -1.36. The summed E-state index contributed by atoms with van der Waals surface area (Å²) >= 11 is 0. The second-order valence-electron chi connectivity index (χ2n) is 9.86. The minimum absolute atomic E-state index is 0.0450. The molecule has 3 rings (SSSR count). The fraction of sp³-hybridized carbons (Fsp3) is 0.818. The molecule has 152 valence electrons. The summed E-state index contributed by atoms with van der Waals surface area (Å²) in [6.07, 6.45) is 6.56. The van der Waals surface area contributed by atoms with Crippen LogP contribution in [0.5, 0.6) is 0 Å². The van der Waals surface area contributed by atoms with Crippen LogP contribution in [0, 0.1) is 34.0 Å². The molecule has 3 aliphatic carbocycles. The Balaban J connectivity index is 2.20. The van der Waals surface area contributed by atoms with Gasteiger partial charge in [0.15, 0.2) is 0 Å². The van der Waals surface area contributed by atoms with E-state index in [0.717, 1.165) is 25.7 Å². The van der Waals surface area contributed by atoms with E-state index in [0.29, 0.717) is 12.8 Å². The van der Waals surface area contributed by atoms with Crippen LogP contribution in [0.1, 0.15) is 59.3 Å². The van der Waals surface area contributed by atoms with Crippen molar-refractivity contribution in [2.24, 2.45) is 34.0 Å². The van der Waals surface area contributed by atoms with Crippen molar-refractivity contribution in [3.8, 4) is 0 Å². The smallest absolute Gasteiger partial charge is 0.311 e. The quantitative estimate of drug-likeness (QED) is 0.601. The van der Waals surface area contributed by atoms with Gasteiger partial charge in [0.2, 0.25) is 0 Å². The van der Waals surface area contributed by atoms with Crippen molar-refractivity contribution in [1.29, 1.82) is 0 Å². The molecule has 0 aromatic heterocycles. The molecule has 0 amide bonds. The Morgan fingerprint density at radius 1 is 1.11 bits per heavy atom. The third-order valence-electron chi connectivity index (χ3n) is 8.37. The molecular weight excluding hydrogens is 344 g/mol. The third-order valence-corrected chi connectivity index (χ3v) is 8.37. The van der Waals surface area contributed by atoms with Gasteiger partial charge in [-0.3, -0.25) is 9.59 Å². The summed E-state index contributed by atoms with van der Waals surface area (Å²) < 4.78 is 10.3. The molecule has 0 heterocycles. The SMILES string of the molecule is C=C[C@@]1(C)CC[C@@H]2[C@@]3(C)CCC[C@@](C)(C(=O)OC)[C@@H]3[C@@H](C(=O)OC)[C@]2(O)C1. The van der Waals surface area contributed by atoms with Crippen molar-refractivity contribution >= 4 is 11.9 Å².